The third-order valence-corrected chi connectivity index (χ3v) is 11.8. The summed E-state index contributed by atoms with van der Waals surface area (Å²) in [6, 6.07) is 4.19. The normalized spacial score (nSPS) is 45.1. The van der Waals surface area contributed by atoms with Gasteiger partial charge in [0.05, 0.1) is 0 Å². The highest BCUT2D eigenvalue weighted by Gasteiger charge is 2.65. The fraction of sp³-hybridized carbons (Fsp3) is 0.778. The Labute approximate surface area is 172 Å². The van der Waals surface area contributed by atoms with Crippen molar-refractivity contribution in [2.24, 2.45) is 33.5 Å². The molecule has 1 N–H and O–H groups in total. The van der Waals surface area contributed by atoms with Crippen LogP contribution in [0, 0.1) is 40.4 Å². The molecule has 1 aromatic rings. The number of aryl methyl sites for hydroxylation is 1. The Balaban J connectivity index is 1.68. The van der Waals surface area contributed by atoms with Crippen molar-refractivity contribution in [3.05, 3.63) is 28.8 Å². The van der Waals surface area contributed by atoms with Gasteiger partial charge in [-0.05, 0) is 108 Å². The predicted octanol–water partition coefficient (Wildman–Crippen LogP) is 7.56. The topological polar surface area (TPSA) is 20.2 Å². The first kappa shape index (κ1) is 19.0. The lowest BCUT2D eigenvalue weighted by Gasteiger charge is -2.44. The van der Waals surface area contributed by atoms with E-state index in [0.29, 0.717) is 39.2 Å². The summed E-state index contributed by atoms with van der Waals surface area (Å²) in [5.41, 5.74) is 5.78. The molecule has 1 heteroatoms. The number of hydrogen-bond donors (Lipinski definition) is 1. The first-order valence-electron chi connectivity index (χ1n) is 11.8. The second-order valence-electron chi connectivity index (χ2n) is 12.6. The van der Waals surface area contributed by atoms with Crippen LogP contribution in [0.4, 0.5) is 0 Å². The van der Waals surface area contributed by atoms with E-state index in [2.05, 4.69) is 54.5 Å². The van der Waals surface area contributed by atoms with E-state index in [0.717, 1.165) is 11.8 Å². The van der Waals surface area contributed by atoms with E-state index < -0.39 is 0 Å². The van der Waals surface area contributed by atoms with E-state index in [-0.39, 0.29) is 0 Å². The predicted molar refractivity (Wildman–Crippen MR) is 117 cm³/mol. The number of aromatic hydroxyl groups is 1. The van der Waals surface area contributed by atoms with Crippen LogP contribution in [-0.2, 0) is 0 Å². The van der Waals surface area contributed by atoms with Gasteiger partial charge in [-0.1, -0.05) is 47.6 Å². The summed E-state index contributed by atoms with van der Waals surface area (Å²) >= 11 is 0. The largest absolute Gasteiger partial charge is 0.508 e. The lowest BCUT2D eigenvalue weighted by molar-refractivity contribution is 0.126. The molecule has 0 heterocycles. The summed E-state index contributed by atoms with van der Waals surface area (Å²) < 4.78 is 0. The zero-order chi connectivity index (χ0) is 20.3. The van der Waals surface area contributed by atoms with Crippen molar-refractivity contribution in [2.45, 2.75) is 98.8 Å². The maximum atomic E-state index is 11.2. The van der Waals surface area contributed by atoms with Crippen LogP contribution < -0.4 is 0 Å². The van der Waals surface area contributed by atoms with Crippen molar-refractivity contribution in [2.75, 3.05) is 0 Å². The van der Waals surface area contributed by atoms with Crippen molar-refractivity contribution >= 4 is 0 Å². The molecule has 4 fully saturated rings. The van der Waals surface area contributed by atoms with Gasteiger partial charge in [0.1, 0.15) is 5.75 Å². The maximum Gasteiger partial charge on any atom is 0.119 e. The molecule has 0 spiro atoms. The van der Waals surface area contributed by atoms with Crippen molar-refractivity contribution in [3.63, 3.8) is 0 Å². The Hall–Kier alpha value is -0.980. The summed E-state index contributed by atoms with van der Waals surface area (Å²) in [5, 5.41) is 11.2. The number of phenols is 1. The van der Waals surface area contributed by atoms with Crippen LogP contribution in [0.1, 0.15) is 109 Å². The van der Waals surface area contributed by atoms with Crippen LogP contribution >= 0.6 is 0 Å². The van der Waals surface area contributed by atoms with Crippen molar-refractivity contribution in [1.82, 2.24) is 0 Å². The Bertz CT molecular complexity index is 764. The van der Waals surface area contributed by atoms with E-state index in [4.69, 9.17) is 0 Å². The van der Waals surface area contributed by atoms with Crippen molar-refractivity contribution in [1.29, 1.82) is 0 Å². The van der Waals surface area contributed by atoms with Gasteiger partial charge in [-0.25, -0.2) is 0 Å². The Morgan fingerprint density at radius 1 is 0.750 bits per heavy atom. The molecule has 4 bridgehead atoms. The molecule has 0 aliphatic heterocycles. The number of hydrogen-bond acceptors (Lipinski definition) is 1. The first-order chi connectivity index (χ1) is 12.9. The molecule has 0 aromatic heterocycles. The highest BCUT2D eigenvalue weighted by molar-refractivity contribution is 5.52. The van der Waals surface area contributed by atoms with Crippen LogP contribution in [0.25, 0.3) is 0 Å². The molecule has 1 aromatic carbocycles. The van der Waals surface area contributed by atoms with Gasteiger partial charge in [0, 0.05) is 5.56 Å². The minimum absolute atomic E-state index is 0.311. The molecular weight excluding hydrogens is 340 g/mol. The fourth-order valence-electron chi connectivity index (χ4n) is 8.84. The summed E-state index contributed by atoms with van der Waals surface area (Å²) in [4.78, 5) is 0. The van der Waals surface area contributed by atoms with Crippen LogP contribution in [0.15, 0.2) is 12.1 Å². The summed E-state index contributed by atoms with van der Waals surface area (Å²) in [7, 11) is 0. The van der Waals surface area contributed by atoms with Gasteiger partial charge in [0.2, 0.25) is 0 Å². The highest BCUT2D eigenvalue weighted by Crippen LogP contribution is 2.75. The van der Waals surface area contributed by atoms with E-state index in [9.17, 15) is 5.11 Å². The van der Waals surface area contributed by atoms with Crippen LogP contribution in [-0.4, -0.2) is 5.11 Å². The molecule has 4 saturated carbocycles. The van der Waals surface area contributed by atoms with Gasteiger partial charge in [-0.3, -0.25) is 0 Å². The smallest absolute Gasteiger partial charge is 0.119 e. The highest BCUT2D eigenvalue weighted by atomic mass is 16.3. The minimum atomic E-state index is 0.311. The fourth-order valence-corrected chi connectivity index (χ4v) is 8.84. The molecule has 0 saturated heterocycles. The van der Waals surface area contributed by atoms with Crippen LogP contribution in [0.5, 0.6) is 5.75 Å². The molecule has 6 atom stereocenters. The number of benzene rings is 1. The maximum absolute atomic E-state index is 11.2. The SMILES string of the molecule is Cc1ccc(O)c(C2CC3CCC2(C)C3(C)C)c1C1CC2CCC1(C)C2(C)C. The third-order valence-electron chi connectivity index (χ3n) is 11.8. The molecule has 0 radical (unpaired) electrons. The van der Waals surface area contributed by atoms with E-state index >= 15 is 0 Å². The van der Waals surface area contributed by atoms with E-state index in [1.54, 1.807) is 5.56 Å². The minimum Gasteiger partial charge on any atom is -0.508 e. The average molecular weight is 381 g/mol. The van der Waals surface area contributed by atoms with Crippen molar-refractivity contribution in [3.8, 4) is 5.75 Å². The number of rotatable bonds is 2. The Kier molecular flexibility index (Phi) is 3.65. The summed E-state index contributed by atoms with van der Waals surface area (Å²) in [6.45, 7) is 17.4. The monoisotopic (exact) mass is 380 g/mol. The molecule has 4 aliphatic carbocycles. The molecule has 6 unspecified atom stereocenters. The lowest BCUT2D eigenvalue weighted by atomic mass is 9.60. The van der Waals surface area contributed by atoms with E-state index in [1.165, 1.54) is 49.7 Å². The van der Waals surface area contributed by atoms with Gasteiger partial charge >= 0.3 is 0 Å². The lowest BCUT2D eigenvalue weighted by Crippen LogP contribution is -2.34. The van der Waals surface area contributed by atoms with Crippen molar-refractivity contribution < 1.29 is 5.11 Å². The molecule has 5 rings (SSSR count). The average Bonchev–Trinajstić information content (AvgIpc) is 3.14. The zero-order valence-corrected chi connectivity index (χ0v) is 19.2. The van der Waals surface area contributed by atoms with Crippen LogP contribution in [0.2, 0.25) is 0 Å². The molecule has 154 valence electrons. The summed E-state index contributed by atoms with van der Waals surface area (Å²) in [6.07, 6.45) is 8.01. The second-order valence-corrected chi connectivity index (χ2v) is 12.6. The second kappa shape index (κ2) is 5.38. The Morgan fingerprint density at radius 2 is 1.21 bits per heavy atom. The molecule has 28 heavy (non-hydrogen) atoms. The third kappa shape index (κ3) is 1.95. The van der Waals surface area contributed by atoms with E-state index in [1.807, 2.05) is 6.07 Å². The quantitative estimate of drug-likeness (QED) is 0.561. The van der Waals surface area contributed by atoms with Gasteiger partial charge in [0.25, 0.3) is 0 Å². The van der Waals surface area contributed by atoms with Gasteiger partial charge in [-0.2, -0.15) is 0 Å². The van der Waals surface area contributed by atoms with Gasteiger partial charge in [0.15, 0.2) is 0 Å². The molecule has 0 amide bonds. The van der Waals surface area contributed by atoms with Crippen LogP contribution in [0.3, 0.4) is 0 Å². The van der Waals surface area contributed by atoms with Gasteiger partial charge in [-0.15, -0.1) is 0 Å². The summed E-state index contributed by atoms with van der Waals surface area (Å²) in [5.74, 6) is 3.35. The number of fused-ring (bicyclic) bond motifs is 4. The van der Waals surface area contributed by atoms with Gasteiger partial charge < -0.3 is 5.11 Å². The first-order valence-corrected chi connectivity index (χ1v) is 11.8. The molecule has 1 nitrogen and oxygen atoms in total. The molecular formula is C27H40O. The zero-order valence-electron chi connectivity index (χ0n) is 19.2. The Morgan fingerprint density at radius 3 is 1.61 bits per heavy atom. The number of phenolic OH excluding ortho intramolecular Hbond substituents is 1. The standard InChI is InChI=1S/C27H40O/c1-16-8-9-21(28)23(20-15-18-11-13-27(20,7)25(18,4)5)22(16)19-14-17-10-12-26(19,6)24(17,2)3/h8-9,17-20,28H,10-15H2,1-7H3. The molecule has 4 aliphatic rings.